The molecule has 1 aliphatic heterocycles. The third kappa shape index (κ3) is 2.90. The molecule has 18 heavy (non-hydrogen) atoms. The van der Waals surface area contributed by atoms with E-state index in [1.165, 1.54) is 19.4 Å². The van der Waals surface area contributed by atoms with Gasteiger partial charge in [-0.2, -0.15) is 5.10 Å². The first-order chi connectivity index (χ1) is 8.81. The third-order valence-corrected chi connectivity index (χ3v) is 3.79. The first-order valence-corrected chi connectivity index (χ1v) is 6.79. The average molecular weight is 248 g/mol. The molecular weight excluding hydrogens is 228 g/mol. The Kier molecular flexibility index (Phi) is 3.32. The smallest absolute Gasteiger partial charge is 0.244 e. The van der Waals surface area contributed by atoms with Crippen LogP contribution in [0, 0.1) is 5.92 Å². The Morgan fingerprint density at radius 2 is 2.00 bits per heavy atom. The van der Waals surface area contributed by atoms with E-state index < -0.39 is 0 Å². The molecule has 3 rings (SSSR count). The Morgan fingerprint density at radius 3 is 2.61 bits per heavy atom. The molecule has 2 fully saturated rings. The van der Waals surface area contributed by atoms with Crippen LogP contribution in [0.25, 0.3) is 0 Å². The molecule has 5 nitrogen and oxygen atoms in total. The number of carbonyl (C=O) groups excluding carboxylic acids is 1. The molecule has 0 bridgehead atoms. The Balaban J connectivity index is 1.45. The van der Waals surface area contributed by atoms with Gasteiger partial charge in [-0.3, -0.25) is 14.4 Å². The molecular formula is C13H20N4O. The van der Waals surface area contributed by atoms with E-state index in [2.05, 4.69) is 10.00 Å². The lowest BCUT2D eigenvalue weighted by Gasteiger charge is -2.34. The van der Waals surface area contributed by atoms with E-state index in [1.807, 2.05) is 17.2 Å². The first kappa shape index (κ1) is 11.7. The largest absolute Gasteiger partial charge is 0.339 e. The molecule has 1 aromatic rings. The van der Waals surface area contributed by atoms with E-state index in [9.17, 15) is 4.79 Å². The van der Waals surface area contributed by atoms with Crippen LogP contribution in [-0.4, -0.2) is 58.2 Å². The van der Waals surface area contributed by atoms with Crippen LogP contribution in [0.1, 0.15) is 12.8 Å². The average Bonchev–Trinajstić information content (AvgIpc) is 3.04. The van der Waals surface area contributed by atoms with Crippen molar-refractivity contribution >= 4 is 5.91 Å². The summed E-state index contributed by atoms with van der Waals surface area (Å²) in [5.74, 6) is 1.13. The van der Waals surface area contributed by atoms with Crippen LogP contribution in [0.5, 0.6) is 0 Å². The van der Waals surface area contributed by atoms with Crippen molar-refractivity contribution in [3.8, 4) is 0 Å². The molecule has 0 aromatic carbocycles. The van der Waals surface area contributed by atoms with Crippen LogP contribution in [0.2, 0.25) is 0 Å². The molecule has 0 atom stereocenters. The topological polar surface area (TPSA) is 41.4 Å². The van der Waals surface area contributed by atoms with E-state index in [-0.39, 0.29) is 5.91 Å². The van der Waals surface area contributed by atoms with Gasteiger partial charge in [0.2, 0.25) is 5.91 Å². The maximum absolute atomic E-state index is 12.1. The highest BCUT2D eigenvalue weighted by Crippen LogP contribution is 2.29. The summed E-state index contributed by atoms with van der Waals surface area (Å²) in [7, 11) is 0. The number of aromatic nitrogens is 2. The number of piperazine rings is 1. The molecule has 1 amide bonds. The van der Waals surface area contributed by atoms with Gasteiger partial charge < -0.3 is 4.90 Å². The van der Waals surface area contributed by atoms with E-state index in [1.54, 1.807) is 10.9 Å². The van der Waals surface area contributed by atoms with Gasteiger partial charge in [0, 0.05) is 45.1 Å². The van der Waals surface area contributed by atoms with Gasteiger partial charge >= 0.3 is 0 Å². The standard InChI is InChI=1S/C13H20N4O/c18-13(11-17-5-1-4-14-17)16-8-6-15(7-9-16)10-12-2-3-12/h1,4-5,12H,2-3,6-11H2. The zero-order valence-electron chi connectivity index (χ0n) is 10.7. The van der Waals surface area contributed by atoms with E-state index in [4.69, 9.17) is 0 Å². The molecule has 0 unspecified atom stereocenters. The predicted molar refractivity (Wildman–Crippen MR) is 68.0 cm³/mol. The summed E-state index contributed by atoms with van der Waals surface area (Å²) < 4.78 is 1.69. The highest BCUT2D eigenvalue weighted by Gasteiger charge is 2.27. The first-order valence-electron chi connectivity index (χ1n) is 6.79. The summed E-state index contributed by atoms with van der Waals surface area (Å²) >= 11 is 0. The lowest BCUT2D eigenvalue weighted by atomic mass is 10.2. The maximum Gasteiger partial charge on any atom is 0.244 e. The number of hydrogen-bond donors (Lipinski definition) is 0. The summed E-state index contributed by atoms with van der Waals surface area (Å²) in [6, 6.07) is 1.85. The Morgan fingerprint density at radius 1 is 1.22 bits per heavy atom. The Labute approximate surface area is 107 Å². The summed E-state index contributed by atoms with van der Waals surface area (Å²) in [6.45, 7) is 5.40. The number of amides is 1. The fraction of sp³-hybridized carbons (Fsp3) is 0.692. The fourth-order valence-electron chi connectivity index (χ4n) is 2.48. The van der Waals surface area contributed by atoms with Crippen LogP contribution in [0.3, 0.4) is 0 Å². The zero-order valence-corrected chi connectivity index (χ0v) is 10.7. The molecule has 98 valence electrons. The fourth-order valence-corrected chi connectivity index (χ4v) is 2.48. The second kappa shape index (κ2) is 5.10. The van der Waals surface area contributed by atoms with Crippen molar-refractivity contribution in [3.05, 3.63) is 18.5 Å². The number of nitrogens with zero attached hydrogens (tertiary/aromatic N) is 4. The summed E-state index contributed by atoms with van der Waals surface area (Å²) in [5, 5.41) is 4.07. The van der Waals surface area contributed by atoms with Crippen molar-refractivity contribution in [2.24, 2.45) is 5.92 Å². The van der Waals surface area contributed by atoms with Crippen LogP contribution >= 0.6 is 0 Å². The minimum Gasteiger partial charge on any atom is -0.339 e. The van der Waals surface area contributed by atoms with Gasteiger partial charge in [-0.1, -0.05) is 0 Å². The Bertz CT molecular complexity index is 391. The second-order valence-electron chi connectivity index (χ2n) is 5.33. The van der Waals surface area contributed by atoms with Crippen LogP contribution < -0.4 is 0 Å². The van der Waals surface area contributed by atoms with Crippen LogP contribution in [0.15, 0.2) is 18.5 Å². The van der Waals surface area contributed by atoms with E-state index in [0.29, 0.717) is 6.54 Å². The minimum absolute atomic E-state index is 0.185. The molecule has 1 saturated carbocycles. The van der Waals surface area contributed by atoms with Crippen LogP contribution in [0.4, 0.5) is 0 Å². The predicted octanol–water partition coefficient (Wildman–Crippen LogP) is 0.437. The maximum atomic E-state index is 12.1. The molecule has 1 saturated heterocycles. The van der Waals surface area contributed by atoms with Crippen molar-refractivity contribution in [3.63, 3.8) is 0 Å². The van der Waals surface area contributed by atoms with Crippen molar-refractivity contribution in [1.82, 2.24) is 19.6 Å². The van der Waals surface area contributed by atoms with E-state index >= 15 is 0 Å². The van der Waals surface area contributed by atoms with E-state index in [0.717, 1.165) is 32.1 Å². The number of rotatable bonds is 4. The van der Waals surface area contributed by atoms with Crippen molar-refractivity contribution < 1.29 is 4.79 Å². The molecule has 2 heterocycles. The molecule has 1 aromatic heterocycles. The number of carbonyl (C=O) groups is 1. The van der Waals surface area contributed by atoms with Gasteiger partial charge in [-0.25, -0.2) is 0 Å². The van der Waals surface area contributed by atoms with Gasteiger partial charge in [0.1, 0.15) is 6.54 Å². The Hall–Kier alpha value is -1.36. The van der Waals surface area contributed by atoms with Gasteiger partial charge in [0.05, 0.1) is 0 Å². The molecule has 2 aliphatic rings. The lowest BCUT2D eigenvalue weighted by Crippen LogP contribution is -2.49. The van der Waals surface area contributed by atoms with Gasteiger partial charge in [-0.05, 0) is 24.8 Å². The molecule has 1 aliphatic carbocycles. The van der Waals surface area contributed by atoms with Crippen molar-refractivity contribution in [1.29, 1.82) is 0 Å². The molecule has 0 radical (unpaired) electrons. The quantitative estimate of drug-likeness (QED) is 0.776. The normalized spacial score (nSPS) is 21.2. The monoisotopic (exact) mass is 248 g/mol. The second-order valence-corrected chi connectivity index (χ2v) is 5.33. The molecule has 0 N–H and O–H groups in total. The SMILES string of the molecule is O=C(Cn1cccn1)N1CCN(CC2CC2)CC1. The van der Waals surface area contributed by atoms with Crippen molar-refractivity contribution in [2.45, 2.75) is 19.4 Å². The summed E-state index contributed by atoms with van der Waals surface area (Å²) in [4.78, 5) is 16.5. The van der Waals surface area contributed by atoms with Crippen LogP contribution in [-0.2, 0) is 11.3 Å². The van der Waals surface area contributed by atoms with Crippen molar-refractivity contribution in [2.75, 3.05) is 32.7 Å². The lowest BCUT2D eigenvalue weighted by molar-refractivity contribution is -0.133. The summed E-state index contributed by atoms with van der Waals surface area (Å²) in [6.07, 6.45) is 6.35. The van der Waals surface area contributed by atoms with Gasteiger partial charge in [0.25, 0.3) is 0 Å². The minimum atomic E-state index is 0.185. The van der Waals surface area contributed by atoms with Gasteiger partial charge in [-0.15, -0.1) is 0 Å². The highest BCUT2D eigenvalue weighted by atomic mass is 16.2. The van der Waals surface area contributed by atoms with Gasteiger partial charge in [0.15, 0.2) is 0 Å². The molecule has 0 spiro atoms. The summed E-state index contributed by atoms with van der Waals surface area (Å²) in [5.41, 5.74) is 0. The highest BCUT2D eigenvalue weighted by molar-refractivity contribution is 5.76. The zero-order chi connectivity index (χ0) is 12.4. The molecule has 5 heteroatoms. The third-order valence-electron chi connectivity index (χ3n) is 3.79. The number of hydrogen-bond acceptors (Lipinski definition) is 3.